The smallest absolute Gasteiger partial charge is 0.126 e. The highest BCUT2D eigenvalue weighted by atomic mass is 16.3. The number of aromatic nitrogens is 1. The van der Waals surface area contributed by atoms with Crippen molar-refractivity contribution in [3.05, 3.63) is 23.9 Å². The largest absolute Gasteiger partial charge is 0.390 e. The number of nitrogen functional groups attached to an aromatic ring is 1. The molecule has 0 aromatic carbocycles. The summed E-state index contributed by atoms with van der Waals surface area (Å²) in [5.74, 6) is 0.982. The molecule has 1 heterocycles. The second kappa shape index (κ2) is 3.24. The molecular weight excluding hydrogens is 176 g/mol. The molecule has 1 aliphatic carbocycles. The minimum atomic E-state index is -0.614. The van der Waals surface area contributed by atoms with Gasteiger partial charge in [0.1, 0.15) is 5.82 Å². The molecule has 0 spiro atoms. The fourth-order valence-electron chi connectivity index (χ4n) is 1.84. The standard InChI is InChI=1S/C11H16N2O/c1-11(14,9-4-5-9)7-8-3-2-6-13-10(8)12/h2-3,6,9,14H,4-5,7H2,1H3,(H2,12,13). The second-order valence-corrected chi connectivity index (χ2v) is 4.36. The quantitative estimate of drug-likeness (QED) is 0.760. The Labute approximate surface area is 84.0 Å². The summed E-state index contributed by atoms with van der Waals surface area (Å²) in [5, 5.41) is 10.1. The fourth-order valence-corrected chi connectivity index (χ4v) is 1.84. The van der Waals surface area contributed by atoms with Gasteiger partial charge in [0.25, 0.3) is 0 Å². The van der Waals surface area contributed by atoms with Gasteiger partial charge >= 0.3 is 0 Å². The van der Waals surface area contributed by atoms with Crippen LogP contribution in [0.4, 0.5) is 5.82 Å². The number of nitrogens with two attached hydrogens (primary N) is 1. The van der Waals surface area contributed by atoms with E-state index in [2.05, 4.69) is 4.98 Å². The summed E-state index contributed by atoms with van der Waals surface area (Å²) in [6.45, 7) is 1.89. The minimum Gasteiger partial charge on any atom is -0.390 e. The van der Waals surface area contributed by atoms with E-state index >= 15 is 0 Å². The summed E-state index contributed by atoms with van der Waals surface area (Å²) in [6, 6.07) is 3.79. The van der Waals surface area contributed by atoms with Crippen LogP contribution in [0.25, 0.3) is 0 Å². The van der Waals surface area contributed by atoms with Crippen molar-refractivity contribution in [1.82, 2.24) is 4.98 Å². The maximum Gasteiger partial charge on any atom is 0.126 e. The normalized spacial score (nSPS) is 20.4. The number of hydrogen-bond donors (Lipinski definition) is 2. The zero-order valence-corrected chi connectivity index (χ0v) is 8.40. The molecule has 76 valence electrons. The molecular formula is C11H16N2O. The molecule has 1 aromatic heterocycles. The van der Waals surface area contributed by atoms with Crippen molar-refractivity contribution in [2.75, 3.05) is 5.73 Å². The van der Waals surface area contributed by atoms with Crippen LogP contribution in [0.5, 0.6) is 0 Å². The first kappa shape index (κ1) is 9.46. The van der Waals surface area contributed by atoms with Crippen molar-refractivity contribution >= 4 is 5.82 Å². The summed E-state index contributed by atoms with van der Waals surface area (Å²) >= 11 is 0. The van der Waals surface area contributed by atoms with Crippen molar-refractivity contribution in [2.45, 2.75) is 31.8 Å². The van der Waals surface area contributed by atoms with Crippen LogP contribution in [0.3, 0.4) is 0 Å². The molecule has 1 fully saturated rings. The van der Waals surface area contributed by atoms with Crippen molar-refractivity contribution in [3.63, 3.8) is 0 Å². The van der Waals surface area contributed by atoms with E-state index in [0.29, 0.717) is 18.2 Å². The molecule has 1 atom stereocenters. The Hall–Kier alpha value is -1.09. The Bertz CT molecular complexity index is 332. The molecule has 2 rings (SSSR count). The minimum absolute atomic E-state index is 0.446. The lowest BCUT2D eigenvalue weighted by Gasteiger charge is -2.23. The van der Waals surface area contributed by atoms with Gasteiger partial charge in [0, 0.05) is 12.6 Å². The van der Waals surface area contributed by atoms with Crippen molar-refractivity contribution in [2.24, 2.45) is 5.92 Å². The predicted octanol–water partition coefficient (Wildman–Crippen LogP) is 1.37. The van der Waals surface area contributed by atoms with Crippen LogP contribution < -0.4 is 5.73 Å². The highest BCUT2D eigenvalue weighted by Gasteiger charge is 2.40. The summed E-state index contributed by atoms with van der Waals surface area (Å²) in [6.07, 6.45) is 4.54. The van der Waals surface area contributed by atoms with Gasteiger partial charge in [-0.05, 0) is 37.3 Å². The maximum atomic E-state index is 10.1. The molecule has 3 N–H and O–H groups in total. The molecule has 1 aliphatic rings. The first-order valence-electron chi connectivity index (χ1n) is 5.01. The molecule has 0 amide bonds. The lowest BCUT2D eigenvalue weighted by atomic mass is 9.92. The summed E-state index contributed by atoms with van der Waals surface area (Å²) < 4.78 is 0. The lowest BCUT2D eigenvalue weighted by Crippen LogP contribution is -2.30. The Morgan fingerprint density at radius 3 is 2.93 bits per heavy atom. The molecule has 0 radical (unpaired) electrons. The topological polar surface area (TPSA) is 59.1 Å². The molecule has 0 bridgehead atoms. The zero-order valence-electron chi connectivity index (χ0n) is 8.40. The number of rotatable bonds is 3. The average Bonchev–Trinajstić information content (AvgIpc) is 2.91. The van der Waals surface area contributed by atoms with Crippen LogP contribution in [0.2, 0.25) is 0 Å². The fraction of sp³-hybridized carbons (Fsp3) is 0.545. The highest BCUT2D eigenvalue weighted by molar-refractivity contribution is 5.39. The van der Waals surface area contributed by atoms with Gasteiger partial charge in [-0.3, -0.25) is 0 Å². The van der Waals surface area contributed by atoms with Crippen LogP contribution in [-0.2, 0) is 6.42 Å². The molecule has 0 aliphatic heterocycles. The SMILES string of the molecule is CC(O)(Cc1cccnc1N)C1CC1. The van der Waals surface area contributed by atoms with E-state index in [1.54, 1.807) is 6.20 Å². The van der Waals surface area contributed by atoms with Gasteiger partial charge in [-0.2, -0.15) is 0 Å². The molecule has 0 saturated heterocycles. The zero-order chi connectivity index (χ0) is 10.2. The Morgan fingerprint density at radius 1 is 1.64 bits per heavy atom. The summed E-state index contributed by atoms with van der Waals surface area (Å²) in [7, 11) is 0. The third-order valence-corrected chi connectivity index (χ3v) is 2.93. The molecule has 14 heavy (non-hydrogen) atoms. The number of aliphatic hydroxyl groups is 1. The summed E-state index contributed by atoms with van der Waals surface area (Å²) in [5.41, 5.74) is 6.06. The van der Waals surface area contributed by atoms with Crippen LogP contribution in [0.1, 0.15) is 25.3 Å². The van der Waals surface area contributed by atoms with Gasteiger partial charge in [0.15, 0.2) is 0 Å². The number of anilines is 1. The van der Waals surface area contributed by atoms with Gasteiger partial charge in [-0.15, -0.1) is 0 Å². The van der Waals surface area contributed by atoms with Gasteiger partial charge in [0.05, 0.1) is 5.60 Å². The van der Waals surface area contributed by atoms with Gasteiger partial charge in [-0.1, -0.05) is 6.07 Å². The van der Waals surface area contributed by atoms with Crippen LogP contribution in [0.15, 0.2) is 18.3 Å². The first-order valence-corrected chi connectivity index (χ1v) is 5.01. The molecule has 1 saturated carbocycles. The van der Waals surface area contributed by atoms with Crippen LogP contribution in [0, 0.1) is 5.92 Å². The number of hydrogen-bond acceptors (Lipinski definition) is 3. The van der Waals surface area contributed by atoms with Crippen molar-refractivity contribution in [1.29, 1.82) is 0 Å². The predicted molar refractivity (Wildman–Crippen MR) is 55.7 cm³/mol. The summed E-state index contributed by atoms with van der Waals surface area (Å²) in [4.78, 5) is 4.01. The molecule has 1 unspecified atom stereocenters. The maximum absolute atomic E-state index is 10.1. The molecule has 1 aromatic rings. The Kier molecular flexibility index (Phi) is 2.19. The van der Waals surface area contributed by atoms with E-state index in [0.717, 1.165) is 18.4 Å². The molecule has 3 nitrogen and oxygen atoms in total. The van der Waals surface area contributed by atoms with E-state index in [1.807, 2.05) is 19.1 Å². The third-order valence-electron chi connectivity index (χ3n) is 2.93. The van der Waals surface area contributed by atoms with Gasteiger partial charge in [-0.25, -0.2) is 4.98 Å². The van der Waals surface area contributed by atoms with Gasteiger partial charge in [0.2, 0.25) is 0 Å². The molecule has 3 heteroatoms. The monoisotopic (exact) mass is 192 g/mol. The van der Waals surface area contributed by atoms with Crippen molar-refractivity contribution < 1.29 is 5.11 Å². The Morgan fingerprint density at radius 2 is 2.36 bits per heavy atom. The van der Waals surface area contributed by atoms with Crippen molar-refractivity contribution in [3.8, 4) is 0 Å². The third kappa shape index (κ3) is 1.87. The van der Waals surface area contributed by atoms with E-state index in [1.165, 1.54) is 0 Å². The van der Waals surface area contributed by atoms with E-state index in [4.69, 9.17) is 5.73 Å². The van der Waals surface area contributed by atoms with E-state index < -0.39 is 5.60 Å². The Balaban J connectivity index is 2.13. The van der Waals surface area contributed by atoms with E-state index in [-0.39, 0.29) is 0 Å². The number of nitrogens with zero attached hydrogens (tertiary/aromatic N) is 1. The first-order chi connectivity index (χ1) is 6.59. The average molecular weight is 192 g/mol. The number of pyridine rings is 1. The highest BCUT2D eigenvalue weighted by Crippen LogP contribution is 2.41. The van der Waals surface area contributed by atoms with Crippen LogP contribution >= 0.6 is 0 Å². The lowest BCUT2D eigenvalue weighted by molar-refractivity contribution is 0.0373. The van der Waals surface area contributed by atoms with Crippen LogP contribution in [-0.4, -0.2) is 15.7 Å². The van der Waals surface area contributed by atoms with Gasteiger partial charge < -0.3 is 10.8 Å². The second-order valence-electron chi connectivity index (χ2n) is 4.36. The van der Waals surface area contributed by atoms with E-state index in [9.17, 15) is 5.11 Å².